The van der Waals surface area contributed by atoms with Gasteiger partial charge in [-0.1, -0.05) is 6.58 Å². The van der Waals surface area contributed by atoms with Crippen LogP contribution in [0.4, 0.5) is 0 Å². The zero-order valence-electron chi connectivity index (χ0n) is 7.04. The van der Waals surface area contributed by atoms with E-state index in [0.717, 1.165) is 6.08 Å². The maximum absolute atomic E-state index is 10.4. The molecular formula is C8H12O4. The highest BCUT2D eigenvalue weighted by Crippen LogP contribution is 1.81. The average molecular weight is 172 g/mol. The third-order valence-corrected chi connectivity index (χ3v) is 0.944. The first kappa shape index (κ1) is 10.8. The fraction of sp³-hybridized carbons (Fsp3) is 0.500. The minimum absolute atomic E-state index is 0.0509. The van der Waals surface area contributed by atoms with E-state index >= 15 is 0 Å². The van der Waals surface area contributed by atoms with E-state index in [1.165, 1.54) is 6.92 Å². The van der Waals surface area contributed by atoms with Crippen LogP contribution in [-0.2, 0) is 19.1 Å². The maximum atomic E-state index is 10.4. The summed E-state index contributed by atoms with van der Waals surface area (Å²) in [4.78, 5) is 20.8. The molecule has 0 saturated carbocycles. The molecule has 0 aromatic carbocycles. The Kier molecular flexibility index (Phi) is 5.91. The van der Waals surface area contributed by atoms with Gasteiger partial charge >= 0.3 is 5.97 Å². The summed E-state index contributed by atoms with van der Waals surface area (Å²) in [5, 5.41) is 0. The fourth-order valence-electron chi connectivity index (χ4n) is 0.476. The van der Waals surface area contributed by atoms with Crippen LogP contribution in [0, 0.1) is 0 Å². The second kappa shape index (κ2) is 6.54. The zero-order valence-corrected chi connectivity index (χ0v) is 7.04. The summed E-state index contributed by atoms with van der Waals surface area (Å²) in [6, 6.07) is 0. The number of ketones is 1. The van der Waals surface area contributed by atoms with Crippen molar-refractivity contribution in [3.8, 4) is 0 Å². The number of carbonyl (C=O) groups is 2. The summed E-state index contributed by atoms with van der Waals surface area (Å²) in [7, 11) is 0. The highest BCUT2D eigenvalue weighted by atomic mass is 16.6. The Bertz CT molecular complexity index is 174. The summed E-state index contributed by atoms with van der Waals surface area (Å²) >= 11 is 0. The molecule has 0 unspecified atom stereocenters. The molecule has 0 heterocycles. The van der Waals surface area contributed by atoms with Crippen LogP contribution in [0.1, 0.15) is 6.92 Å². The van der Waals surface area contributed by atoms with Crippen molar-refractivity contribution in [2.45, 2.75) is 6.92 Å². The van der Waals surface area contributed by atoms with E-state index < -0.39 is 5.97 Å². The van der Waals surface area contributed by atoms with Crippen LogP contribution in [-0.4, -0.2) is 31.6 Å². The molecule has 0 aliphatic carbocycles. The van der Waals surface area contributed by atoms with Crippen molar-refractivity contribution < 1.29 is 19.1 Å². The molecule has 0 saturated heterocycles. The smallest absolute Gasteiger partial charge is 0.330 e. The van der Waals surface area contributed by atoms with Gasteiger partial charge in [-0.2, -0.15) is 0 Å². The summed E-state index contributed by atoms with van der Waals surface area (Å²) in [5.74, 6) is -0.536. The van der Waals surface area contributed by atoms with Crippen molar-refractivity contribution in [1.29, 1.82) is 0 Å². The van der Waals surface area contributed by atoms with Crippen molar-refractivity contribution in [3.05, 3.63) is 12.7 Å². The molecule has 0 aliphatic heterocycles. The maximum Gasteiger partial charge on any atom is 0.330 e. The lowest BCUT2D eigenvalue weighted by Crippen LogP contribution is -2.11. The lowest BCUT2D eigenvalue weighted by Gasteiger charge is -2.01. The SMILES string of the molecule is C=CC(=O)OCCOCC(C)=O. The zero-order chi connectivity index (χ0) is 9.40. The van der Waals surface area contributed by atoms with Gasteiger partial charge < -0.3 is 9.47 Å². The molecule has 0 amide bonds. The van der Waals surface area contributed by atoms with Gasteiger partial charge in [0.15, 0.2) is 5.78 Å². The molecule has 0 fully saturated rings. The second-order valence-electron chi connectivity index (χ2n) is 2.13. The Labute approximate surface area is 71.2 Å². The number of ether oxygens (including phenoxy) is 2. The van der Waals surface area contributed by atoms with Gasteiger partial charge in [-0.3, -0.25) is 4.79 Å². The van der Waals surface area contributed by atoms with E-state index in [-0.39, 0.29) is 25.6 Å². The number of carbonyl (C=O) groups excluding carboxylic acids is 2. The molecule has 0 atom stereocenters. The summed E-state index contributed by atoms with van der Waals surface area (Å²) in [6.07, 6.45) is 1.07. The molecule has 0 aromatic heterocycles. The van der Waals surface area contributed by atoms with E-state index in [0.29, 0.717) is 0 Å². The molecule has 0 rings (SSSR count). The van der Waals surface area contributed by atoms with Gasteiger partial charge in [0.25, 0.3) is 0 Å². The molecule has 0 bridgehead atoms. The number of rotatable bonds is 6. The van der Waals surface area contributed by atoms with Crippen LogP contribution < -0.4 is 0 Å². The highest BCUT2D eigenvalue weighted by Gasteiger charge is 1.95. The van der Waals surface area contributed by atoms with Crippen LogP contribution >= 0.6 is 0 Å². The van der Waals surface area contributed by atoms with Gasteiger partial charge in [0.1, 0.15) is 13.2 Å². The molecule has 4 nitrogen and oxygen atoms in total. The van der Waals surface area contributed by atoms with Gasteiger partial charge in [0, 0.05) is 6.08 Å². The minimum atomic E-state index is -0.485. The quantitative estimate of drug-likeness (QED) is 0.329. The van der Waals surface area contributed by atoms with Gasteiger partial charge in [0.05, 0.1) is 6.61 Å². The topological polar surface area (TPSA) is 52.6 Å². The van der Waals surface area contributed by atoms with Gasteiger partial charge in [0.2, 0.25) is 0 Å². The Morgan fingerprint density at radius 2 is 2.08 bits per heavy atom. The Balaban J connectivity index is 3.16. The molecular weight excluding hydrogens is 160 g/mol. The predicted octanol–water partition coefficient (Wildman–Crippen LogP) is 0.321. The monoisotopic (exact) mass is 172 g/mol. The number of esters is 1. The predicted molar refractivity (Wildman–Crippen MR) is 42.7 cm³/mol. The standard InChI is InChI=1S/C8H12O4/c1-3-8(10)12-5-4-11-6-7(2)9/h3H,1,4-6H2,2H3. The van der Waals surface area contributed by atoms with Crippen LogP contribution in [0.25, 0.3) is 0 Å². The molecule has 68 valence electrons. The third-order valence-electron chi connectivity index (χ3n) is 0.944. The molecule has 0 aromatic rings. The first-order chi connectivity index (χ1) is 5.66. The second-order valence-corrected chi connectivity index (χ2v) is 2.13. The van der Waals surface area contributed by atoms with Crippen molar-refractivity contribution in [2.24, 2.45) is 0 Å². The molecule has 0 N–H and O–H groups in total. The summed E-state index contributed by atoms with van der Waals surface area (Å²) in [5.41, 5.74) is 0. The molecule has 0 radical (unpaired) electrons. The van der Waals surface area contributed by atoms with Crippen molar-refractivity contribution >= 4 is 11.8 Å². The molecule has 0 spiro atoms. The average Bonchev–Trinajstić information content (AvgIpc) is 2.03. The van der Waals surface area contributed by atoms with Crippen LogP contribution in [0.3, 0.4) is 0 Å². The van der Waals surface area contributed by atoms with E-state index in [2.05, 4.69) is 11.3 Å². The van der Waals surface area contributed by atoms with Crippen molar-refractivity contribution in [1.82, 2.24) is 0 Å². The van der Waals surface area contributed by atoms with Gasteiger partial charge in [-0.25, -0.2) is 4.79 Å². The lowest BCUT2D eigenvalue weighted by atomic mass is 10.5. The van der Waals surface area contributed by atoms with Crippen LogP contribution in [0.2, 0.25) is 0 Å². The highest BCUT2D eigenvalue weighted by molar-refractivity contribution is 5.81. The number of hydrogen-bond acceptors (Lipinski definition) is 4. The van der Waals surface area contributed by atoms with E-state index in [9.17, 15) is 9.59 Å². The van der Waals surface area contributed by atoms with Gasteiger partial charge in [-0.05, 0) is 6.92 Å². The van der Waals surface area contributed by atoms with Crippen LogP contribution in [0.5, 0.6) is 0 Å². The van der Waals surface area contributed by atoms with Crippen molar-refractivity contribution in [3.63, 3.8) is 0 Å². The van der Waals surface area contributed by atoms with Crippen LogP contribution in [0.15, 0.2) is 12.7 Å². The molecule has 0 aliphatic rings. The first-order valence-corrected chi connectivity index (χ1v) is 3.53. The third kappa shape index (κ3) is 6.95. The largest absolute Gasteiger partial charge is 0.460 e. The Morgan fingerprint density at radius 1 is 1.42 bits per heavy atom. The number of Topliss-reactive ketones (excluding diaryl/α,β-unsaturated/α-hetero) is 1. The van der Waals surface area contributed by atoms with Crippen molar-refractivity contribution in [2.75, 3.05) is 19.8 Å². The van der Waals surface area contributed by atoms with E-state index in [1.807, 2.05) is 0 Å². The van der Waals surface area contributed by atoms with E-state index in [4.69, 9.17) is 4.74 Å². The van der Waals surface area contributed by atoms with E-state index in [1.54, 1.807) is 0 Å². The lowest BCUT2D eigenvalue weighted by molar-refractivity contribution is -0.139. The summed E-state index contributed by atoms with van der Waals surface area (Å²) in [6.45, 7) is 5.09. The Hall–Kier alpha value is -1.16. The normalized spacial score (nSPS) is 9.08. The first-order valence-electron chi connectivity index (χ1n) is 3.53. The molecule has 12 heavy (non-hydrogen) atoms. The molecule has 4 heteroatoms. The Morgan fingerprint density at radius 3 is 2.58 bits per heavy atom. The van der Waals surface area contributed by atoms with Gasteiger partial charge in [-0.15, -0.1) is 0 Å². The minimum Gasteiger partial charge on any atom is -0.460 e. The number of hydrogen-bond donors (Lipinski definition) is 0. The fourth-order valence-corrected chi connectivity index (χ4v) is 0.476. The summed E-state index contributed by atoms with van der Waals surface area (Å²) < 4.78 is 9.41.